The summed E-state index contributed by atoms with van der Waals surface area (Å²) in [7, 11) is 0. The van der Waals surface area contributed by atoms with Crippen molar-refractivity contribution in [2.24, 2.45) is 0 Å². The average Bonchev–Trinajstić information content (AvgIpc) is 2.40. The molecule has 0 spiro atoms. The summed E-state index contributed by atoms with van der Waals surface area (Å²) in [5.41, 5.74) is 0.480. The summed E-state index contributed by atoms with van der Waals surface area (Å²) in [5, 5.41) is 8.55. The lowest BCUT2D eigenvalue weighted by Gasteiger charge is -2.07. The van der Waals surface area contributed by atoms with E-state index in [4.69, 9.17) is 9.84 Å². The molecule has 0 atom stereocenters. The Bertz CT molecular complexity index is 455. The Hall–Kier alpha value is -1.84. The molecule has 0 bridgehead atoms. The second-order valence-corrected chi connectivity index (χ2v) is 4.65. The molecule has 1 aromatic carbocycles. The summed E-state index contributed by atoms with van der Waals surface area (Å²) < 4.78 is 18.9. The van der Waals surface area contributed by atoms with E-state index in [1.54, 1.807) is 6.07 Å². The minimum atomic E-state index is -1.06. The number of aliphatic carboxylic acids is 1. The summed E-state index contributed by atoms with van der Waals surface area (Å²) >= 11 is 0. The third-order valence-electron chi connectivity index (χ3n) is 2.83. The lowest BCUT2D eigenvalue weighted by Crippen LogP contribution is -1.98. The van der Waals surface area contributed by atoms with E-state index in [1.165, 1.54) is 37.5 Å². The van der Waals surface area contributed by atoms with Crippen molar-refractivity contribution in [1.82, 2.24) is 0 Å². The maximum absolute atomic E-state index is 13.4. The Balaban J connectivity index is 2.47. The number of halogens is 1. The zero-order chi connectivity index (χ0) is 14.8. The van der Waals surface area contributed by atoms with Crippen LogP contribution in [0.25, 0.3) is 6.08 Å². The fraction of sp³-hybridized carbons (Fsp3) is 0.438. The van der Waals surface area contributed by atoms with Gasteiger partial charge in [0.1, 0.15) is 11.6 Å². The third kappa shape index (κ3) is 6.92. The smallest absolute Gasteiger partial charge is 0.328 e. The van der Waals surface area contributed by atoms with E-state index < -0.39 is 11.8 Å². The molecule has 0 aliphatic carbocycles. The van der Waals surface area contributed by atoms with Crippen LogP contribution in [-0.4, -0.2) is 17.7 Å². The highest BCUT2D eigenvalue weighted by Gasteiger charge is 2.01. The number of hydrogen-bond donors (Lipinski definition) is 1. The van der Waals surface area contributed by atoms with Crippen LogP contribution in [0, 0.1) is 5.82 Å². The van der Waals surface area contributed by atoms with Gasteiger partial charge in [0.15, 0.2) is 0 Å². The monoisotopic (exact) mass is 280 g/mol. The van der Waals surface area contributed by atoms with E-state index in [0.717, 1.165) is 18.9 Å². The van der Waals surface area contributed by atoms with Crippen molar-refractivity contribution in [2.75, 3.05) is 6.61 Å². The summed E-state index contributed by atoms with van der Waals surface area (Å²) in [4.78, 5) is 10.4. The number of hydrogen-bond acceptors (Lipinski definition) is 2. The van der Waals surface area contributed by atoms with Crippen LogP contribution in [0.2, 0.25) is 0 Å². The first kappa shape index (κ1) is 16.2. The van der Waals surface area contributed by atoms with Gasteiger partial charge in [-0.15, -0.1) is 0 Å². The molecule has 0 aromatic heterocycles. The Morgan fingerprint density at radius 3 is 2.70 bits per heavy atom. The molecule has 1 aromatic rings. The Labute approximate surface area is 119 Å². The topological polar surface area (TPSA) is 46.5 Å². The van der Waals surface area contributed by atoms with Gasteiger partial charge in [-0.3, -0.25) is 0 Å². The third-order valence-corrected chi connectivity index (χ3v) is 2.83. The van der Waals surface area contributed by atoms with Crippen molar-refractivity contribution in [3.05, 3.63) is 35.7 Å². The van der Waals surface area contributed by atoms with Crippen LogP contribution < -0.4 is 4.74 Å². The molecule has 0 radical (unpaired) electrons. The number of ether oxygens (including phenoxy) is 1. The van der Waals surface area contributed by atoms with Crippen LogP contribution in [0.4, 0.5) is 4.39 Å². The molecule has 4 heteroatoms. The van der Waals surface area contributed by atoms with Gasteiger partial charge in [-0.1, -0.05) is 32.6 Å². The van der Waals surface area contributed by atoms with Gasteiger partial charge in [0.25, 0.3) is 0 Å². The molecule has 3 nitrogen and oxygen atoms in total. The molecule has 20 heavy (non-hydrogen) atoms. The van der Waals surface area contributed by atoms with Crippen LogP contribution in [-0.2, 0) is 4.79 Å². The molecule has 1 rings (SSSR count). The predicted molar refractivity (Wildman–Crippen MR) is 77.3 cm³/mol. The fourth-order valence-corrected chi connectivity index (χ4v) is 1.83. The van der Waals surface area contributed by atoms with Gasteiger partial charge in [0, 0.05) is 12.1 Å². The van der Waals surface area contributed by atoms with Crippen LogP contribution in [0.1, 0.15) is 44.6 Å². The number of carboxylic acid groups (broad SMARTS) is 1. The highest BCUT2D eigenvalue weighted by molar-refractivity contribution is 5.85. The minimum absolute atomic E-state index is 0.432. The molecule has 110 valence electrons. The molecule has 0 aliphatic heterocycles. The molecule has 0 saturated heterocycles. The highest BCUT2D eigenvalue weighted by Crippen LogP contribution is 2.18. The van der Waals surface area contributed by atoms with Crippen molar-refractivity contribution in [3.63, 3.8) is 0 Å². The standard InChI is InChI=1S/C16H21FO3/c1-2-3-4-5-6-9-20-15-11-13(7-8-16(18)19)10-14(17)12-15/h7-8,10-12H,2-6,9H2,1H3,(H,18,19)/b8-7+. The van der Waals surface area contributed by atoms with Crippen molar-refractivity contribution < 1.29 is 19.0 Å². The summed E-state index contributed by atoms with van der Waals surface area (Å²) in [5.74, 6) is -1.06. The van der Waals surface area contributed by atoms with E-state index in [1.807, 2.05) is 0 Å². The van der Waals surface area contributed by atoms with Crippen molar-refractivity contribution in [2.45, 2.75) is 39.0 Å². The summed E-state index contributed by atoms with van der Waals surface area (Å²) in [6, 6.07) is 4.21. The molecule has 0 fully saturated rings. The van der Waals surface area contributed by atoms with E-state index in [9.17, 15) is 9.18 Å². The van der Waals surface area contributed by atoms with Crippen molar-refractivity contribution in [1.29, 1.82) is 0 Å². The lowest BCUT2D eigenvalue weighted by atomic mass is 10.1. The van der Waals surface area contributed by atoms with Crippen LogP contribution >= 0.6 is 0 Å². The summed E-state index contributed by atoms with van der Waals surface area (Å²) in [6.07, 6.45) is 7.98. The summed E-state index contributed by atoms with van der Waals surface area (Å²) in [6.45, 7) is 2.71. The Morgan fingerprint density at radius 2 is 2.00 bits per heavy atom. The first-order valence-electron chi connectivity index (χ1n) is 6.96. The maximum atomic E-state index is 13.4. The van der Waals surface area contributed by atoms with Crippen LogP contribution in [0.5, 0.6) is 5.75 Å². The van der Waals surface area contributed by atoms with Gasteiger partial charge in [-0.25, -0.2) is 9.18 Å². The SMILES string of the molecule is CCCCCCCOc1cc(F)cc(/C=C/C(=O)O)c1. The molecule has 1 N–H and O–H groups in total. The van der Waals surface area contributed by atoms with Gasteiger partial charge in [0.2, 0.25) is 0 Å². The second-order valence-electron chi connectivity index (χ2n) is 4.65. The van der Waals surface area contributed by atoms with E-state index in [2.05, 4.69) is 6.92 Å². The normalized spacial score (nSPS) is 10.9. The highest BCUT2D eigenvalue weighted by atomic mass is 19.1. The molecule has 0 amide bonds. The zero-order valence-electron chi connectivity index (χ0n) is 11.8. The van der Waals surface area contributed by atoms with Crippen LogP contribution in [0.15, 0.2) is 24.3 Å². The average molecular weight is 280 g/mol. The molecule has 0 heterocycles. The first-order valence-corrected chi connectivity index (χ1v) is 6.96. The minimum Gasteiger partial charge on any atom is -0.493 e. The van der Waals surface area contributed by atoms with Crippen molar-refractivity contribution >= 4 is 12.0 Å². The van der Waals surface area contributed by atoms with E-state index >= 15 is 0 Å². The van der Waals surface area contributed by atoms with E-state index in [0.29, 0.717) is 17.9 Å². The molecular formula is C16H21FO3. The number of benzene rings is 1. The number of unbranched alkanes of at least 4 members (excludes halogenated alkanes) is 4. The van der Waals surface area contributed by atoms with E-state index in [-0.39, 0.29) is 0 Å². The quantitative estimate of drug-likeness (QED) is 0.542. The largest absolute Gasteiger partial charge is 0.493 e. The fourth-order valence-electron chi connectivity index (χ4n) is 1.83. The Kier molecular flexibility index (Phi) is 7.40. The van der Waals surface area contributed by atoms with Gasteiger partial charge in [-0.05, 0) is 30.2 Å². The first-order chi connectivity index (χ1) is 9.61. The molecule has 0 unspecified atom stereocenters. The number of carboxylic acids is 1. The lowest BCUT2D eigenvalue weighted by molar-refractivity contribution is -0.131. The molecule has 0 saturated carbocycles. The zero-order valence-corrected chi connectivity index (χ0v) is 11.8. The van der Waals surface area contributed by atoms with Crippen molar-refractivity contribution in [3.8, 4) is 5.75 Å². The Morgan fingerprint density at radius 1 is 1.25 bits per heavy atom. The van der Waals surface area contributed by atoms with Gasteiger partial charge in [-0.2, -0.15) is 0 Å². The predicted octanol–water partition coefficient (Wildman–Crippen LogP) is 4.27. The number of carbonyl (C=O) groups is 1. The van der Waals surface area contributed by atoms with Gasteiger partial charge >= 0.3 is 5.97 Å². The van der Waals surface area contributed by atoms with Gasteiger partial charge < -0.3 is 9.84 Å². The van der Waals surface area contributed by atoms with Crippen LogP contribution in [0.3, 0.4) is 0 Å². The maximum Gasteiger partial charge on any atom is 0.328 e. The van der Waals surface area contributed by atoms with Gasteiger partial charge in [0.05, 0.1) is 6.61 Å². The molecule has 0 aliphatic rings. The number of rotatable bonds is 9. The second kappa shape index (κ2) is 9.13. The molecular weight excluding hydrogens is 259 g/mol.